The first kappa shape index (κ1) is 20.4. The quantitative estimate of drug-likeness (QED) is 0.411. The number of aromatic hydroxyl groups is 2. The lowest BCUT2D eigenvalue weighted by atomic mass is 9.85. The summed E-state index contributed by atoms with van der Waals surface area (Å²) in [7, 11) is 0. The SMILES string of the molecule is CC(C)C(=O)OC(/C=C/C(C)(C)O)C1=CC(=O)c2c(O)ccc(O)c2C1=O. The smallest absolute Gasteiger partial charge is 0.309 e. The molecule has 0 heterocycles. The first-order valence-corrected chi connectivity index (χ1v) is 8.40. The molecule has 0 spiro atoms. The molecular formula is C20H22O7. The molecule has 1 aromatic carbocycles. The number of rotatable bonds is 5. The summed E-state index contributed by atoms with van der Waals surface area (Å²) in [5.74, 6) is -3.43. The number of esters is 1. The van der Waals surface area contributed by atoms with Gasteiger partial charge in [-0.3, -0.25) is 14.4 Å². The van der Waals surface area contributed by atoms with Crippen LogP contribution in [0, 0.1) is 5.92 Å². The maximum Gasteiger partial charge on any atom is 0.309 e. The van der Waals surface area contributed by atoms with Crippen LogP contribution in [0.5, 0.6) is 11.5 Å². The molecule has 0 bridgehead atoms. The van der Waals surface area contributed by atoms with Crippen molar-refractivity contribution in [2.24, 2.45) is 5.92 Å². The zero-order valence-corrected chi connectivity index (χ0v) is 15.5. The van der Waals surface area contributed by atoms with Crippen molar-refractivity contribution in [1.29, 1.82) is 0 Å². The average molecular weight is 374 g/mol. The molecule has 7 nitrogen and oxygen atoms in total. The topological polar surface area (TPSA) is 121 Å². The van der Waals surface area contributed by atoms with Gasteiger partial charge >= 0.3 is 5.97 Å². The van der Waals surface area contributed by atoms with E-state index < -0.39 is 46.7 Å². The molecule has 7 heteroatoms. The van der Waals surface area contributed by atoms with Crippen molar-refractivity contribution in [1.82, 2.24) is 0 Å². The van der Waals surface area contributed by atoms with E-state index >= 15 is 0 Å². The van der Waals surface area contributed by atoms with Crippen LogP contribution in [0.4, 0.5) is 0 Å². The molecule has 0 aliphatic heterocycles. The van der Waals surface area contributed by atoms with Crippen molar-refractivity contribution in [2.75, 3.05) is 0 Å². The lowest BCUT2D eigenvalue weighted by Crippen LogP contribution is -2.30. The summed E-state index contributed by atoms with van der Waals surface area (Å²) in [5, 5.41) is 29.8. The minimum Gasteiger partial charge on any atom is -0.507 e. The van der Waals surface area contributed by atoms with Crippen LogP contribution in [-0.4, -0.2) is 44.6 Å². The molecule has 1 atom stereocenters. The maximum atomic E-state index is 12.9. The molecule has 0 radical (unpaired) electrons. The minimum absolute atomic E-state index is 0.178. The Kier molecular flexibility index (Phi) is 5.56. The molecule has 27 heavy (non-hydrogen) atoms. The highest BCUT2D eigenvalue weighted by Crippen LogP contribution is 2.36. The van der Waals surface area contributed by atoms with Gasteiger partial charge in [0.1, 0.15) is 17.6 Å². The summed E-state index contributed by atoms with van der Waals surface area (Å²) in [6.45, 7) is 6.21. The number of carbonyl (C=O) groups excluding carboxylic acids is 3. The Balaban J connectivity index is 2.54. The van der Waals surface area contributed by atoms with E-state index in [0.29, 0.717) is 0 Å². The van der Waals surface area contributed by atoms with Crippen LogP contribution in [0.1, 0.15) is 48.4 Å². The number of Topliss-reactive ketones (excluding diaryl/α,β-unsaturated/α-hetero) is 1. The molecule has 0 aromatic heterocycles. The Hall–Kier alpha value is -2.93. The van der Waals surface area contributed by atoms with E-state index in [1.807, 2.05) is 0 Å². The summed E-state index contributed by atoms with van der Waals surface area (Å²) in [6, 6.07) is 2.22. The van der Waals surface area contributed by atoms with Crippen LogP contribution in [0.25, 0.3) is 0 Å². The number of hydrogen-bond acceptors (Lipinski definition) is 7. The second-order valence-electron chi connectivity index (χ2n) is 7.17. The molecule has 0 saturated carbocycles. The fourth-order valence-electron chi connectivity index (χ4n) is 2.49. The van der Waals surface area contributed by atoms with Gasteiger partial charge in [0.2, 0.25) is 0 Å². The lowest BCUT2D eigenvalue weighted by molar-refractivity contribution is -0.149. The van der Waals surface area contributed by atoms with Crippen molar-refractivity contribution < 1.29 is 34.4 Å². The molecule has 2 rings (SSSR count). The minimum atomic E-state index is -1.25. The predicted molar refractivity (Wildman–Crippen MR) is 96.7 cm³/mol. The van der Waals surface area contributed by atoms with Crippen LogP contribution in [0.15, 0.2) is 35.9 Å². The number of allylic oxidation sites excluding steroid dienone is 1. The highest BCUT2D eigenvalue weighted by atomic mass is 16.5. The first-order valence-electron chi connectivity index (χ1n) is 8.40. The van der Waals surface area contributed by atoms with Gasteiger partial charge in [0.25, 0.3) is 0 Å². The van der Waals surface area contributed by atoms with E-state index in [0.717, 1.165) is 18.2 Å². The number of benzene rings is 1. The van der Waals surface area contributed by atoms with E-state index in [2.05, 4.69) is 0 Å². The Morgan fingerprint density at radius 2 is 1.67 bits per heavy atom. The predicted octanol–water partition coefficient (Wildman–Crippen LogP) is 2.30. The highest BCUT2D eigenvalue weighted by molar-refractivity contribution is 6.27. The average Bonchev–Trinajstić information content (AvgIpc) is 2.55. The van der Waals surface area contributed by atoms with Gasteiger partial charge < -0.3 is 20.1 Å². The zero-order valence-electron chi connectivity index (χ0n) is 15.5. The molecule has 1 unspecified atom stereocenters. The Labute approximate surface area is 156 Å². The van der Waals surface area contributed by atoms with Crippen LogP contribution in [-0.2, 0) is 9.53 Å². The van der Waals surface area contributed by atoms with Crippen LogP contribution in [0.2, 0.25) is 0 Å². The molecule has 0 amide bonds. The first-order chi connectivity index (χ1) is 12.4. The van der Waals surface area contributed by atoms with Gasteiger partial charge in [-0.15, -0.1) is 0 Å². The summed E-state index contributed by atoms with van der Waals surface area (Å²) < 4.78 is 5.33. The summed E-state index contributed by atoms with van der Waals surface area (Å²) >= 11 is 0. The third-order valence-electron chi connectivity index (χ3n) is 3.88. The van der Waals surface area contributed by atoms with Crippen molar-refractivity contribution in [2.45, 2.75) is 39.4 Å². The number of phenols is 2. The highest BCUT2D eigenvalue weighted by Gasteiger charge is 2.35. The Bertz CT molecular complexity index is 854. The number of phenolic OH excluding ortho intramolecular Hbond substituents is 2. The van der Waals surface area contributed by atoms with Crippen LogP contribution < -0.4 is 0 Å². The molecule has 0 saturated heterocycles. The molecule has 144 valence electrons. The van der Waals surface area contributed by atoms with Gasteiger partial charge in [-0.05, 0) is 38.1 Å². The Morgan fingerprint density at radius 1 is 1.11 bits per heavy atom. The number of fused-ring (bicyclic) bond motifs is 1. The molecular weight excluding hydrogens is 352 g/mol. The largest absolute Gasteiger partial charge is 0.507 e. The third kappa shape index (κ3) is 4.43. The van der Waals surface area contributed by atoms with Gasteiger partial charge in [-0.2, -0.15) is 0 Å². The van der Waals surface area contributed by atoms with Crippen molar-refractivity contribution in [3.05, 3.63) is 47.1 Å². The molecule has 1 aliphatic rings. The summed E-state index contributed by atoms with van der Waals surface area (Å²) in [4.78, 5) is 37.3. The van der Waals surface area contributed by atoms with E-state index in [1.165, 1.54) is 26.0 Å². The van der Waals surface area contributed by atoms with Gasteiger partial charge in [0.15, 0.2) is 11.6 Å². The molecule has 3 N–H and O–H groups in total. The fourth-order valence-corrected chi connectivity index (χ4v) is 2.49. The number of aliphatic hydroxyl groups is 1. The van der Waals surface area contributed by atoms with E-state index in [9.17, 15) is 29.7 Å². The van der Waals surface area contributed by atoms with Crippen LogP contribution >= 0.6 is 0 Å². The van der Waals surface area contributed by atoms with Gasteiger partial charge in [-0.25, -0.2) is 0 Å². The van der Waals surface area contributed by atoms with E-state index in [1.54, 1.807) is 13.8 Å². The second-order valence-corrected chi connectivity index (χ2v) is 7.17. The molecule has 0 fully saturated rings. The number of ketones is 2. The Morgan fingerprint density at radius 3 is 2.19 bits per heavy atom. The van der Waals surface area contributed by atoms with Gasteiger partial charge in [0, 0.05) is 5.57 Å². The van der Waals surface area contributed by atoms with Crippen molar-refractivity contribution in [3.63, 3.8) is 0 Å². The second kappa shape index (κ2) is 7.36. The standard InChI is InChI=1S/C20H22O7/c1-10(2)19(25)27-15(7-8-20(3,4)26)11-9-14(23)16-12(21)5-6-13(22)17(16)18(11)24/h5-10,15,21-22,26H,1-4H3/b8-7+. The van der Waals surface area contributed by atoms with Crippen molar-refractivity contribution in [3.8, 4) is 11.5 Å². The lowest BCUT2D eigenvalue weighted by Gasteiger charge is -2.23. The normalized spacial score (nSPS) is 15.7. The molecule has 1 aromatic rings. The van der Waals surface area contributed by atoms with Gasteiger partial charge in [0.05, 0.1) is 22.6 Å². The third-order valence-corrected chi connectivity index (χ3v) is 3.88. The zero-order chi connectivity index (χ0) is 20.5. The van der Waals surface area contributed by atoms with E-state index in [-0.39, 0.29) is 16.7 Å². The monoisotopic (exact) mass is 374 g/mol. The number of carbonyl (C=O) groups is 3. The fraction of sp³-hybridized carbons (Fsp3) is 0.350. The van der Waals surface area contributed by atoms with E-state index in [4.69, 9.17) is 4.74 Å². The number of ether oxygens (including phenoxy) is 1. The van der Waals surface area contributed by atoms with Crippen LogP contribution in [0.3, 0.4) is 0 Å². The van der Waals surface area contributed by atoms with Crippen molar-refractivity contribution >= 4 is 17.5 Å². The van der Waals surface area contributed by atoms with Gasteiger partial charge in [-0.1, -0.05) is 19.9 Å². The number of hydrogen-bond donors (Lipinski definition) is 3. The molecule has 1 aliphatic carbocycles. The summed E-state index contributed by atoms with van der Waals surface area (Å²) in [5.41, 5.74) is -2.07. The maximum absolute atomic E-state index is 12.9. The summed E-state index contributed by atoms with van der Waals surface area (Å²) in [6.07, 6.45) is 2.37.